The van der Waals surface area contributed by atoms with Crippen LogP contribution >= 0.6 is 10.7 Å². The zero-order chi connectivity index (χ0) is 14.1. The lowest BCUT2D eigenvalue weighted by molar-refractivity contribution is 0.410. The number of ether oxygens (including phenoxy) is 1. The van der Waals surface area contributed by atoms with Crippen molar-refractivity contribution in [1.29, 1.82) is 0 Å². The average molecular weight is 303 g/mol. The first-order chi connectivity index (χ1) is 8.86. The van der Waals surface area contributed by atoms with Crippen LogP contribution in [0.25, 0.3) is 0 Å². The standard InChI is InChI=1S/C14H19ClO3S/c1-11-9-12(5-6-13(11)18-2)14(7-3-4-8-14)10-19(15,16)17/h5-6,9H,3-4,7-8,10H2,1-2H3. The van der Waals surface area contributed by atoms with Crippen molar-refractivity contribution in [3.63, 3.8) is 0 Å². The molecule has 0 aliphatic heterocycles. The molecule has 1 aromatic carbocycles. The molecule has 0 radical (unpaired) electrons. The maximum Gasteiger partial charge on any atom is 0.233 e. The number of aryl methyl sites for hydroxylation is 1. The Hall–Kier alpha value is -0.740. The molecule has 1 aromatic rings. The molecule has 1 aliphatic carbocycles. The molecule has 0 bridgehead atoms. The highest BCUT2D eigenvalue weighted by Gasteiger charge is 2.39. The predicted molar refractivity (Wildman–Crippen MR) is 77.5 cm³/mol. The van der Waals surface area contributed by atoms with Crippen LogP contribution in [0.3, 0.4) is 0 Å². The number of rotatable bonds is 4. The van der Waals surface area contributed by atoms with Crippen molar-refractivity contribution in [2.45, 2.75) is 38.0 Å². The van der Waals surface area contributed by atoms with Crippen LogP contribution in [0.4, 0.5) is 0 Å². The molecule has 1 aliphatic rings. The summed E-state index contributed by atoms with van der Waals surface area (Å²) in [7, 11) is 3.63. The molecule has 0 amide bonds. The summed E-state index contributed by atoms with van der Waals surface area (Å²) >= 11 is 0. The predicted octanol–water partition coefficient (Wildman–Crippen LogP) is 3.38. The minimum absolute atomic E-state index is 0.0212. The number of methoxy groups -OCH3 is 1. The van der Waals surface area contributed by atoms with Gasteiger partial charge in [0.2, 0.25) is 9.05 Å². The molecule has 0 heterocycles. The summed E-state index contributed by atoms with van der Waals surface area (Å²) in [6.07, 6.45) is 3.87. The van der Waals surface area contributed by atoms with Gasteiger partial charge in [-0.05, 0) is 37.0 Å². The van der Waals surface area contributed by atoms with Crippen LogP contribution in [0, 0.1) is 6.92 Å². The van der Waals surface area contributed by atoms with Crippen LogP contribution in [0.1, 0.15) is 36.8 Å². The van der Waals surface area contributed by atoms with Gasteiger partial charge >= 0.3 is 0 Å². The Labute approximate surface area is 119 Å². The van der Waals surface area contributed by atoms with Crippen LogP contribution in [0.2, 0.25) is 0 Å². The molecule has 0 spiro atoms. The monoisotopic (exact) mass is 302 g/mol. The largest absolute Gasteiger partial charge is 0.496 e. The summed E-state index contributed by atoms with van der Waals surface area (Å²) in [5, 5.41) is 0. The molecule has 19 heavy (non-hydrogen) atoms. The molecule has 1 fully saturated rings. The fraction of sp³-hybridized carbons (Fsp3) is 0.571. The lowest BCUT2D eigenvalue weighted by Gasteiger charge is -2.28. The third-order valence-corrected chi connectivity index (χ3v) is 5.24. The van der Waals surface area contributed by atoms with Gasteiger partial charge in [-0.15, -0.1) is 0 Å². The molecule has 0 atom stereocenters. The average Bonchev–Trinajstić information content (AvgIpc) is 2.76. The van der Waals surface area contributed by atoms with E-state index in [4.69, 9.17) is 15.4 Å². The molecule has 2 rings (SSSR count). The molecule has 0 N–H and O–H groups in total. The molecule has 106 valence electrons. The molecular formula is C14H19ClO3S. The van der Waals surface area contributed by atoms with Crippen molar-refractivity contribution in [2.75, 3.05) is 12.9 Å². The fourth-order valence-corrected chi connectivity index (χ4v) is 4.85. The molecule has 5 heteroatoms. The second kappa shape index (κ2) is 5.33. The minimum atomic E-state index is -3.50. The van der Waals surface area contributed by atoms with Gasteiger partial charge in [0.25, 0.3) is 0 Å². The highest BCUT2D eigenvalue weighted by molar-refractivity contribution is 8.13. The van der Waals surface area contributed by atoms with Gasteiger partial charge in [-0.1, -0.05) is 25.0 Å². The van der Waals surface area contributed by atoms with Gasteiger partial charge in [0.05, 0.1) is 12.9 Å². The van der Waals surface area contributed by atoms with E-state index >= 15 is 0 Å². The summed E-state index contributed by atoms with van der Waals surface area (Å²) < 4.78 is 28.3. The zero-order valence-electron chi connectivity index (χ0n) is 11.3. The van der Waals surface area contributed by atoms with Crippen molar-refractivity contribution < 1.29 is 13.2 Å². The first-order valence-corrected chi connectivity index (χ1v) is 8.92. The number of hydrogen-bond donors (Lipinski definition) is 0. The summed E-state index contributed by atoms with van der Waals surface area (Å²) in [4.78, 5) is 0. The van der Waals surface area contributed by atoms with E-state index < -0.39 is 9.05 Å². The van der Waals surface area contributed by atoms with E-state index in [1.807, 2.05) is 25.1 Å². The summed E-state index contributed by atoms with van der Waals surface area (Å²) in [5.41, 5.74) is 1.77. The Kier molecular flexibility index (Phi) is 4.11. The van der Waals surface area contributed by atoms with Crippen molar-refractivity contribution in [3.8, 4) is 5.75 Å². The zero-order valence-corrected chi connectivity index (χ0v) is 12.9. The molecule has 0 unspecified atom stereocenters. The smallest absolute Gasteiger partial charge is 0.233 e. The fourth-order valence-electron chi connectivity index (χ4n) is 3.11. The second-order valence-electron chi connectivity index (χ2n) is 5.36. The van der Waals surface area contributed by atoms with Gasteiger partial charge in [0.1, 0.15) is 5.75 Å². The van der Waals surface area contributed by atoms with E-state index in [9.17, 15) is 8.42 Å². The van der Waals surface area contributed by atoms with Crippen LogP contribution in [0.15, 0.2) is 18.2 Å². The van der Waals surface area contributed by atoms with E-state index in [0.29, 0.717) is 0 Å². The highest BCUT2D eigenvalue weighted by Crippen LogP contribution is 2.43. The van der Waals surface area contributed by atoms with Gasteiger partial charge in [-0.3, -0.25) is 0 Å². The summed E-state index contributed by atoms with van der Waals surface area (Å²) in [6, 6.07) is 5.91. The lowest BCUT2D eigenvalue weighted by atomic mass is 9.80. The van der Waals surface area contributed by atoms with Crippen molar-refractivity contribution in [2.24, 2.45) is 0 Å². The Balaban J connectivity index is 2.42. The Morgan fingerprint density at radius 1 is 1.32 bits per heavy atom. The Morgan fingerprint density at radius 3 is 2.42 bits per heavy atom. The molecule has 0 saturated heterocycles. The summed E-state index contributed by atoms with van der Waals surface area (Å²) in [5.74, 6) is 0.846. The second-order valence-corrected chi connectivity index (χ2v) is 8.13. The van der Waals surface area contributed by atoms with Crippen LogP contribution in [0.5, 0.6) is 5.75 Å². The number of hydrogen-bond acceptors (Lipinski definition) is 3. The first kappa shape index (κ1) is 14.7. The van der Waals surface area contributed by atoms with Gasteiger partial charge in [0, 0.05) is 16.1 Å². The maximum absolute atomic E-state index is 11.5. The van der Waals surface area contributed by atoms with E-state index in [-0.39, 0.29) is 11.2 Å². The van der Waals surface area contributed by atoms with Gasteiger partial charge in [-0.2, -0.15) is 0 Å². The third-order valence-electron chi connectivity index (χ3n) is 4.02. The van der Waals surface area contributed by atoms with Crippen molar-refractivity contribution in [3.05, 3.63) is 29.3 Å². The normalized spacial score (nSPS) is 18.5. The first-order valence-electron chi connectivity index (χ1n) is 6.44. The Bertz CT molecular complexity index is 560. The van der Waals surface area contributed by atoms with E-state index in [2.05, 4.69) is 0 Å². The van der Waals surface area contributed by atoms with Gasteiger partial charge in [0.15, 0.2) is 0 Å². The molecular weight excluding hydrogens is 284 g/mol. The van der Waals surface area contributed by atoms with Crippen LogP contribution < -0.4 is 4.74 Å². The van der Waals surface area contributed by atoms with Crippen molar-refractivity contribution in [1.82, 2.24) is 0 Å². The van der Waals surface area contributed by atoms with Gasteiger partial charge in [-0.25, -0.2) is 8.42 Å². The topological polar surface area (TPSA) is 43.4 Å². The maximum atomic E-state index is 11.5. The molecule has 1 saturated carbocycles. The highest BCUT2D eigenvalue weighted by atomic mass is 35.7. The Morgan fingerprint density at radius 2 is 1.95 bits per heavy atom. The van der Waals surface area contributed by atoms with Crippen LogP contribution in [-0.2, 0) is 14.5 Å². The SMILES string of the molecule is COc1ccc(C2(CS(=O)(=O)Cl)CCCC2)cc1C. The number of halogens is 1. The van der Waals surface area contributed by atoms with E-state index in [1.165, 1.54) is 0 Å². The molecule has 3 nitrogen and oxygen atoms in total. The van der Waals surface area contributed by atoms with Crippen LogP contribution in [-0.4, -0.2) is 21.3 Å². The molecule has 0 aromatic heterocycles. The number of benzene rings is 1. The third kappa shape index (κ3) is 3.23. The lowest BCUT2D eigenvalue weighted by Crippen LogP contribution is -2.30. The van der Waals surface area contributed by atoms with E-state index in [0.717, 1.165) is 42.6 Å². The quantitative estimate of drug-likeness (QED) is 0.801. The van der Waals surface area contributed by atoms with Gasteiger partial charge < -0.3 is 4.74 Å². The van der Waals surface area contributed by atoms with Crippen molar-refractivity contribution >= 4 is 19.7 Å². The van der Waals surface area contributed by atoms with E-state index in [1.54, 1.807) is 7.11 Å². The minimum Gasteiger partial charge on any atom is -0.496 e. The summed E-state index contributed by atoms with van der Waals surface area (Å²) in [6.45, 7) is 1.97.